The van der Waals surface area contributed by atoms with Gasteiger partial charge in [0.1, 0.15) is 5.82 Å². The number of anilines is 1. The lowest BCUT2D eigenvalue weighted by atomic mass is 10.1. The molecule has 2 N–H and O–H groups in total. The molecule has 3 rings (SSSR count). The summed E-state index contributed by atoms with van der Waals surface area (Å²) in [6.07, 6.45) is 12.2. The summed E-state index contributed by atoms with van der Waals surface area (Å²) in [5.74, 6) is 0.544. The zero-order chi connectivity index (χ0) is 11.7. The van der Waals surface area contributed by atoms with E-state index in [4.69, 9.17) is 5.73 Å². The van der Waals surface area contributed by atoms with Gasteiger partial charge >= 0.3 is 0 Å². The van der Waals surface area contributed by atoms with Gasteiger partial charge in [-0.1, -0.05) is 12.2 Å². The van der Waals surface area contributed by atoms with Crippen LogP contribution in [0, 0.1) is 0 Å². The van der Waals surface area contributed by atoms with Crippen LogP contribution >= 0.6 is 0 Å². The van der Waals surface area contributed by atoms with E-state index in [2.05, 4.69) is 26.7 Å². The number of pyridine rings is 1. The summed E-state index contributed by atoms with van der Waals surface area (Å²) in [4.78, 5) is 8.37. The highest BCUT2D eigenvalue weighted by molar-refractivity contribution is 5.59. The number of aromatic nitrogens is 3. The van der Waals surface area contributed by atoms with E-state index in [0.717, 1.165) is 24.1 Å². The minimum absolute atomic E-state index is 0.491. The molecule has 4 nitrogen and oxygen atoms in total. The molecule has 0 saturated carbocycles. The van der Waals surface area contributed by atoms with Crippen molar-refractivity contribution in [1.82, 2.24) is 14.5 Å². The molecule has 2 heterocycles. The normalized spacial score (nSPS) is 15.5. The standard InChI is InChI=1S/C13H14N4/c14-13-6-5-10(7-16-13)12-8-15-9-17(12)11-3-1-2-4-11/h1-2,5-9,11H,3-4H2,(H2,14,16). The summed E-state index contributed by atoms with van der Waals surface area (Å²) < 4.78 is 2.22. The first-order valence-electron chi connectivity index (χ1n) is 5.73. The SMILES string of the molecule is Nc1ccc(-c2cncn2C2CC=CC2)cn1. The van der Waals surface area contributed by atoms with Gasteiger partial charge in [-0.25, -0.2) is 9.97 Å². The fraction of sp³-hybridized carbons (Fsp3) is 0.231. The molecule has 0 fully saturated rings. The Morgan fingerprint density at radius 1 is 1.18 bits per heavy atom. The lowest BCUT2D eigenvalue weighted by molar-refractivity contribution is 0.540. The Labute approximate surface area is 99.8 Å². The van der Waals surface area contributed by atoms with E-state index in [9.17, 15) is 0 Å². The maximum Gasteiger partial charge on any atom is 0.123 e. The van der Waals surface area contributed by atoms with E-state index in [0.29, 0.717) is 11.9 Å². The van der Waals surface area contributed by atoms with Crippen molar-refractivity contribution in [3.05, 3.63) is 43.0 Å². The summed E-state index contributed by atoms with van der Waals surface area (Å²) >= 11 is 0. The molecule has 0 amide bonds. The Morgan fingerprint density at radius 2 is 2.00 bits per heavy atom. The van der Waals surface area contributed by atoms with Crippen LogP contribution in [0.25, 0.3) is 11.3 Å². The molecule has 0 aromatic carbocycles. The van der Waals surface area contributed by atoms with E-state index >= 15 is 0 Å². The zero-order valence-corrected chi connectivity index (χ0v) is 9.45. The van der Waals surface area contributed by atoms with Crippen molar-refractivity contribution in [3.63, 3.8) is 0 Å². The Morgan fingerprint density at radius 3 is 2.71 bits per heavy atom. The van der Waals surface area contributed by atoms with Crippen LogP contribution in [0.4, 0.5) is 5.82 Å². The Kier molecular flexibility index (Phi) is 2.40. The van der Waals surface area contributed by atoms with E-state index in [1.165, 1.54) is 0 Å². The van der Waals surface area contributed by atoms with Crippen molar-refractivity contribution in [2.45, 2.75) is 18.9 Å². The fourth-order valence-electron chi connectivity index (χ4n) is 2.21. The molecule has 0 radical (unpaired) electrons. The second kappa shape index (κ2) is 4.05. The van der Waals surface area contributed by atoms with Crippen molar-refractivity contribution in [3.8, 4) is 11.3 Å². The predicted octanol–water partition coefficient (Wildman–Crippen LogP) is 2.42. The molecule has 0 unspecified atom stereocenters. The van der Waals surface area contributed by atoms with Crippen LogP contribution in [-0.4, -0.2) is 14.5 Å². The Bertz CT molecular complexity index is 531. The van der Waals surface area contributed by atoms with Gasteiger partial charge in [-0.2, -0.15) is 0 Å². The highest BCUT2D eigenvalue weighted by atomic mass is 15.1. The number of allylic oxidation sites excluding steroid dienone is 2. The van der Waals surface area contributed by atoms with E-state index < -0.39 is 0 Å². The van der Waals surface area contributed by atoms with Crippen LogP contribution < -0.4 is 5.73 Å². The predicted molar refractivity (Wildman–Crippen MR) is 67.3 cm³/mol. The largest absolute Gasteiger partial charge is 0.384 e. The number of imidazole rings is 1. The molecule has 4 heteroatoms. The quantitative estimate of drug-likeness (QED) is 0.800. The van der Waals surface area contributed by atoms with Gasteiger partial charge in [0.2, 0.25) is 0 Å². The maximum atomic E-state index is 5.60. The van der Waals surface area contributed by atoms with Gasteiger partial charge in [0.25, 0.3) is 0 Å². The second-order valence-electron chi connectivity index (χ2n) is 4.25. The summed E-state index contributed by atoms with van der Waals surface area (Å²) in [6, 6.07) is 4.29. The third-order valence-corrected chi connectivity index (χ3v) is 3.12. The Hall–Kier alpha value is -2.10. The third-order valence-electron chi connectivity index (χ3n) is 3.12. The first-order valence-corrected chi connectivity index (χ1v) is 5.73. The van der Waals surface area contributed by atoms with E-state index in [1.54, 1.807) is 6.20 Å². The number of hydrogen-bond acceptors (Lipinski definition) is 3. The van der Waals surface area contributed by atoms with Gasteiger partial charge in [0.05, 0.1) is 18.2 Å². The molecular weight excluding hydrogens is 212 g/mol. The number of rotatable bonds is 2. The number of hydrogen-bond donors (Lipinski definition) is 1. The zero-order valence-electron chi connectivity index (χ0n) is 9.45. The van der Waals surface area contributed by atoms with Crippen LogP contribution in [0.15, 0.2) is 43.0 Å². The Balaban J connectivity index is 1.98. The van der Waals surface area contributed by atoms with Crippen LogP contribution in [0.2, 0.25) is 0 Å². The van der Waals surface area contributed by atoms with Gasteiger partial charge in [-0.05, 0) is 25.0 Å². The summed E-state index contributed by atoms with van der Waals surface area (Å²) in [5, 5.41) is 0. The van der Waals surface area contributed by atoms with Gasteiger partial charge < -0.3 is 10.3 Å². The average molecular weight is 226 g/mol. The van der Waals surface area contributed by atoms with Crippen molar-refractivity contribution in [1.29, 1.82) is 0 Å². The lowest BCUT2D eigenvalue weighted by Gasteiger charge is -2.15. The van der Waals surface area contributed by atoms with Gasteiger partial charge in [-0.3, -0.25) is 0 Å². The molecule has 17 heavy (non-hydrogen) atoms. The minimum atomic E-state index is 0.491. The monoisotopic (exact) mass is 226 g/mol. The summed E-state index contributed by atoms with van der Waals surface area (Å²) in [7, 11) is 0. The first kappa shape index (κ1) is 10.1. The topological polar surface area (TPSA) is 56.7 Å². The van der Waals surface area contributed by atoms with Crippen molar-refractivity contribution >= 4 is 5.82 Å². The molecule has 0 saturated heterocycles. The van der Waals surface area contributed by atoms with Gasteiger partial charge in [0, 0.05) is 17.8 Å². The molecule has 0 atom stereocenters. The minimum Gasteiger partial charge on any atom is -0.384 e. The van der Waals surface area contributed by atoms with E-state index in [-0.39, 0.29) is 0 Å². The molecule has 2 aromatic rings. The lowest BCUT2D eigenvalue weighted by Crippen LogP contribution is -2.05. The molecule has 0 bridgehead atoms. The van der Waals surface area contributed by atoms with Crippen LogP contribution in [0.1, 0.15) is 18.9 Å². The summed E-state index contributed by atoms with van der Waals surface area (Å²) in [5.41, 5.74) is 7.76. The van der Waals surface area contributed by atoms with Crippen LogP contribution in [-0.2, 0) is 0 Å². The molecule has 86 valence electrons. The molecule has 0 spiro atoms. The fourth-order valence-corrected chi connectivity index (χ4v) is 2.21. The highest BCUT2D eigenvalue weighted by Crippen LogP contribution is 2.29. The number of nitrogens with two attached hydrogens (primary N) is 1. The first-order chi connectivity index (χ1) is 8.34. The third kappa shape index (κ3) is 1.82. The van der Waals surface area contributed by atoms with Crippen molar-refractivity contribution in [2.75, 3.05) is 5.73 Å². The summed E-state index contributed by atoms with van der Waals surface area (Å²) in [6.45, 7) is 0. The average Bonchev–Trinajstić information content (AvgIpc) is 3.00. The van der Waals surface area contributed by atoms with Crippen molar-refractivity contribution in [2.24, 2.45) is 0 Å². The smallest absolute Gasteiger partial charge is 0.123 e. The van der Waals surface area contributed by atoms with Gasteiger partial charge in [0.15, 0.2) is 0 Å². The molecule has 0 aliphatic heterocycles. The number of nitrogen functional groups attached to an aromatic ring is 1. The molecule has 2 aromatic heterocycles. The van der Waals surface area contributed by atoms with Gasteiger partial charge in [-0.15, -0.1) is 0 Å². The highest BCUT2D eigenvalue weighted by Gasteiger charge is 2.16. The maximum absolute atomic E-state index is 5.60. The second-order valence-corrected chi connectivity index (χ2v) is 4.25. The number of nitrogens with zero attached hydrogens (tertiary/aromatic N) is 3. The molecule has 1 aliphatic rings. The molecular formula is C13H14N4. The van der Waals surface area contributed by atoms with Crippen LogP contribution in [0.3, 0.4) is 0 Å². The van der Waals surface area contributed by atoms with E-state index in [1.807, 2.05) is 24.7 Å². The van der Waals surface area contributed by atoms with Crippen molar-refractivity contribution < 1.29 is 0 Å². The van der Waals surface area contributed by atoms with Crippen LogP contribution in [0.5, 0.6) is 0 Å². The molecule has 1 aliphatic carbocycles.